The van der Waals surface area contributed by atoms with Gasteiger partial charge in [-0.15, -0.1) is 0 Å². The van der Waals surface area contributed by atoms with Crippen LogP contribution < -0.4 is 0 Å². The standard InChI is InChI=1S/C20H28ClN3O2/c1-15(2)7-9-23-10-8-18(20(23)26)22-11-13-24(14-12-22)19(25)16-3-5-17(21)6-4-16/h3-6,15,18H,7-14H2,1-2H3. The molecule has 2 saturated heterocycles. The van der Waals surface area contributed by atoms with Crippen molar-refractivity contribution >= 4 is 23.4 Å². The summed E-state index contributed by atoms with van der Waals surface area (Å²) in [6.45, 7) is 8.95. The molecule has 142 valence electrons. The summed E-state index contributed by atoms with van der Waals surface area (Å²) in [6.07, 6.45) is 1.96. The molecule has 26 heavy (non-hydrogen) atoms. The molecule has 0 aliphatic carbocycles. The first-order valence-electron chi connectivity index (χ1n) is 9.53. The van der Waals surface area contributed by atoms with Gasteiger partial charge in [-0.1, -0.05) is 25.4 Å². The number of likely N-dealkylation sites (tertiary alicyclic amines) is 1. The minimum atomic E-state index is -0.00468. The van der Waals surface area contributed by atoms with Crippen molar-refractivity contribution in [2.75, 3.05) is 39.3 Å². The van der Waals surface area contributed by atoms with E-state index in [0.717, 1.165) is 39.0 Å². The Morgan fingerprint density at radius 2 is 1.77 bits per heavy atom. The Hall–Kier alpha value is -1.59. The number of rotatable bonds is 5. The fourth-order valence-corrected chi connectivity index (χ4v) is 3.84. The van der Waals surface area contributed by atoms with Crippen LogP contribution >= 0.6 is 11.6 Å². The predicted molar refractivity (Wildman–Crippen MR) is 103 cm³/mol. The molecule has 5 nitrogen and oxygen atoms in total. The molecule has 3 rings (SSSR count). The van der Waals surface area contributed by atoms with Crippen LogP contribution in [-0.4, -0.2) is 71.8 Å². The fourth-order valence-electron chi connectivity index (χ4n) is 3.71. The first-order chi connectivity index (χ1) is 12.5. The van der Waals surface area contributed by atoms with Gasteiger partial charge in [0, 0.05) is 49.9 Å². The van der Waals surface area contributed by atoms with Gasteiger partial charge in [-0.05, 0) is 43.0 Å². The van der Waals surface area contributed by atoms with Gasteiger partial charge in [-0.2, -0.15) is 0 Å². The molecule has 1 unspecified atom stereocenters. The third-order valence-corrected chi connectivity index (χ3v) is 5.63. The summed E-state index contributed by atoms with van der Waals surface area (Å²) in [4.78, 5) is 31.4. The highest BCUT2D eigenvalue weighted by Gasteiger charge is 2.37. The molecule has 2 fully saturated rings. The molecule has 0 bridgehead atoms. The Balaban J connectivity index is 1.51. The molecule has 0 aromatic heterocycles. The highest BCUT2D eigenvalue weighted by molar-refractivity contribution is 6.30. The smallest absolute Gasteiger partial charge is 0.253 e. The van der Waals surface area contributed by atoms with Gasteiger partial charge in [0.2, 0.25) is 5.91 Å². The van der Waals surface area contributed by atoms with E-state index in [9.17, 15) is 9.59 Å². The van der Waals surface area contributed by atoms with Crippen LogP contribution in [0.4, 0.5) is 0 Å². The Morgan fingerprint density at radius 1 is 1.12 bits per heavy atom. The Bertz CT molecular complexity index is 639. The second kappa shape index (κ2) is 8.40. The molecular weight excluding hydrogens is 350 g/mol. The third kappa shape index (κ3) is 4.38. The number of hydrogen-bond donors (Lipinski definition) is 0. The summed E-state index contributed by atoms with van der Waals surface area (Å²) in [5.74, 6) is 0.921. The van der Waals surface area contributed by atoms with Crippen molar-refractivity contribution in [1.82, 2.24) is 14.7 Å². The molecule has 1 atom stereocenters. The highest BCUT2D eigenvalue weighted by Crippen LogP contribution is 2.21. The van der Waals surface area contributed by atoms with Crippen LogP contribution in [0.3, 0.4) is 0 Å². The summed E-state index contributed by atoms with van der Waals surface area (Å²) < 4.78 is 0. The van der Waals surface area contributed by atoms with Gasteiger partial charge in [0.05, 0.1) is 6.04 Å². The number of carbonyl (C=O) groups excluding carboxylic acids is 2. The van der Waals surface area contributed by atoms with E-state index in [1.165, 1.54) is 0 Å². The number of amides is 2. The normalized spacial score (nSPS) is 21.7. The zero-order valence-corrected chi connectivity index (χ0v) is 16.4. The molecule has 2 aliphatic rings. The maximum atomic E-state index is 12.7. The van der Waals surface area contributed by atoms with Gasteiger partial charge in [-0.25, -0.2) is 0 Å². The van der Waals surface area contributed by atoms with Gasteiger partial charge in [0.1, 0.15) is 0 Å². The highest BCUT2D eigenvalue weighted by atomic mass is 35.5. The Labute approximate surface area is 160 Å². The van der Waals surface area contributed by atoms with E-state index in [1.54, 1.807) is 24.3 Å². The topological polar surface area (TPSA) is 43.9 Å². The lowest BCUT2D eigenvalue weighted by Crippen LogP contribution is -2.53. The maximum Gasteiger partial charge on any atom is 0.253 e. The van der Waals surface area contributed by atoms with Gasteiger partial charge in [0.25, 0.3) is 5.91 Å². The maximum absolute atomic E-state index is 12.7. The Morgan fingerprint density at radius 3 is 2.38 bits per heavy atom. The minimum absolute atomic E-state index is 0.00468. The number of carbonyl (C=O) groups is 2. The number of piperazine rings is 1. The van der Waals surface area contributed by atoms with E-state index >= 15 is 0 Å². The van der Waals surface area contributed by atoms with E-state index in [-0.39, 0.29) is 17.9 Å². The quantitative estimate of drug-likeness (QED) is 0.792. The van der Waals surface area contributed by atoms with E-state index in [4.69, 9.17) is 11.6 Å². The summed E-state index contributed by atoms with van der Waals surface area (Å²) in [5, 5.41) is 0.633. The molecule has 2 aliphatic heterocycles. The number of benzene rings is 1. The monoisotopic (exact) mass is 377 g/mol. The molecule has 2 heterocycles. The number of nitrogens with zero attached hydrogens (tertiary/aromatic N) is 3. The molecule has 0 radical (unpaired) electrons. The second-order valence-corrected chi connectivity index (χ2v) is 8.08. The van der Waals surface area contributed by atoms with Gasteiger partial charge >= 0.3 is 0 Å². The lowest BCUT2D eigenvalue weighted by Gasteiger charge is -2.37. The van der Waals surface area contributed by atoms with Crippen molar-refractivity contribution in [2.45, 2.75) is 32.7 Å². The third-order valence-electron chi connectivity index (χ3n) is 5.38. The Kier molecular flexibility index (Phi) is 6.20. The van der Waals surface area contributed by atoms with Crippen molar-refractivity contribution in [3.63, 3.8) is 0 Å². The van der Waals surface area contributed by atoms with Crippen molar-refractivity contribution in [1.29, 1.82) is 0 Å². The van der Waals surface area contributed by atoms with Crippen LogP contribution in [0.15, 0.2) is 24.3 Å². The van der Waals surface area contributed by atoms with Crippen LogP contribution in [0.1, 0.15) is 37.0 Å². The first kappa shape index (κ1) is 19.2. The number of halogens is 1. The molecule has 1 aromatic carbocycles. The van der Waals surface area contributed by atoms with Crippen LogP contribution in [0, 0.1) is 5.92 Å². The van der Waals surface area contributed by atoms with E-state index in [1.807, 2.05) is 9.80 Å². The van der Waals surface area contributed by atoms with Crippen LogP contribution in [0.25, 0.3) is 0 Å². The van der Waals surface area contributed by atoms with Crippen molar-refractivity contribution < 1.29 is 9.59 Å². The van der Waals surface area contributed by atoms with Gasteiger partial charge in [0.15, 0.2) is 0 Å². The summed E-state index contributed by atoms with van der Waals surface area (Å²) >= 11 is 5.89. The van der Waals surface area contributed by atoms with Crippen LogP contribution in [0.2, 0.25) is 5.02 Å². The van der Waals surface area contributed by atoms with Crippen molar-refractivity contribution in [2.24, 2.45) is 5.92 Å². The molecule has 2 amide bonds. The first-order valence-corrected chi connectivity index (χ1v) is 9.91. The minimum Gasteiger partial charge on any atom is -0.341 e. The molecule has 6 heteroatoms. The van der Waals surface area contributed by atoms with E-state index < -0.39 is 0 Å². The summed E-state index contributed by atoms with van der Waals surface area (Å²) in [5.41, 5.74) is 0.666. The lowest BCUT2D eigenvalue weighted by molar-refractivity contribution is -0.132. The summed E-state index contributed by atoms with van der Waals surface area (Å²) in [7, 11) is 0. The zero-order valence-electron chi connectivity index (χ0n) is 15.7. The van der Waals surface area contributed by atoms with E-state index in [0.29, 0.717) is 29.6 Å². The average Bonchev–Trinajstić information content (AvgIpc) is 3.01. The summed E-state index contributed by atoms with van der Waals surface area (Å²) in [6, 6.07) is 7.02. The molecule has 0 spiro atoms. The lowest BCUT2D eigenvalue weighted by atomic mass is 10.1. The molecule has 0 saturated carbocycles. The molecular formula is C20H28ClN3O2. The van der Waals surface area contributed by atoms with Crippen LogP contribution in [-0.2, 0) is 4.79 Å². The van der Waals surface area contributed by atoms with Crippen molar-refractivity contribution in [3.05, 3.63) is 34.9 Å². The SMILES string of the molecule is CC(C)CCN1CCC(N2CCN(C(=O)c3ccc(Cl)cc3)CC2)C1=O. The van der Waals surface area contributed by atoms with E-state index in [2.05, 4.69) is 18.7 Å². The fraction of sp³-hybridized carbons (Fsp3) is 0.600. The van der Waals surface area contributed by atoms with Gasteiger partial charge in [-0.3, -0.25) is 14.5 Å². The average molecular weight is 378 g/mol. The molecule has 1 aromatic rings. The molecule has 0 N–H and O–H groups in total. The predicted octanol–water partition coefficient (Wildman–Crippen LogP) is 2.74. The number of hydrogen-bond acceptors (Lipinski definition) is 3. The van der Waals surface area contributed by atoms with Crippen molar-refractivity contribution in [3.8, 4) is 0 Å². The zero-order chi connectivity index (χ0) is 18.7. The second-order valence-electron chi connectivity index (χ2n) is 7.65. The van der Waals surface area contributed by atoms with Crippen LogP contribution in [0.5, 0.6) is 0 Å². The van der Waals surface area contributed by atoms with Gasteiger partial charge < -0.3 is 9.80 Å². The largest absolute Gasteiger partial charge is 0.341 e.